The van der Waals surface area contributed by atoms with Gasteiger partial charge in [0.05, 0.1) is 28.7 Å². The van der Waals surface area contributed by atoms with Crippen molar-refractivity contribution >= 4 is 43.1 Å². The maximum Gasteiger partial charge on any atom is 0.155 e. The second-order valence-corrected chi connectivity index (χ2v) is 7.44. The maximum absolute atomic E-state index is 11.3. The Bertz CT molecular complexity index is 534. The quantitative estimate of drug-likeness (QED) is 0.859. The summed E-state index contributed by atoms with van der Waals surface area (Å²) in [6.07, 6.45) is -0.866. The summed E-state index contributed by atoms with van der Waals surface area (Å²) in [5.74, 6) is -0.228. The van der Waals surface area contributed by atoms with Crippen molar-refractivity contribution in [3.05, 3.63) is 27.7 Å². The molecule has 1 heterocycles. The number of benzene rings is 1. The van der Waals surface area contributed by atoms with Crippen molar-refractivity contribution in [3.8, 4) is 0 Å². The zero-order chi connectivity index (χ0) is 12.6. The second kappa shape index (κ2) is 4.76. The lowest BCUT2D eigenvalue weighted by Crippen LogP contribution is -2.31. The van der Waals surface area contributed by atoms with Crippen molar-refractivity contribution in [2.45, 2.75) is 12.1 Å². The first-order chi connectivity index (χ1) is 7.87. The Morgan fingerprint density at radius 3 is 2.65 bits per heavy atom. The molecule has 2 atom stereocenters. The molecule has 0 aliphatic carbocycles. The van der Waals surface area contributed by atoms with E-state index in [1.165, 1.54) is 0 Å². The van der Waals surface area contributed by atoms with Crippen LogP contribution in [0.25, 0.3) is 0 Å². The van der Waals surface area contributed by atoms with Gasteiger partial charge in [0.25, 0.3) is 0 Å². The van der Waals surface area contributed by atoms with Gasteiger partial charge in [-0.25, -0.2) is 8.42 Å². The minimum Gasteiger partial charge on any atom is -0.390 e. The predicted molar refractivity (Wildman–Crippen MR) is 71.2 cm³/mol. The minimum atomic E-state index is -3.13. The highest BCUT2D eigenvalue weighted by molar-refractivity contribution is 9.10. The van der Waals surface area contributed by atoms with Crippen molar-refractivity contribution in [1.29, 1.82) is 0 Å². The molecule has 2 unspecified atom stereocenters. The number of halogens is 2. The van der Waals surface area contributed by atoms with Gasteiger partial charge in [-0.15, -0.1) is 0 Å². The number of aliphatic hydroxyl groups is 1. The Morgan fingerprint density at radius 1 is 1.41 bits per heavy atom. The van der Waals surface area contributed by atoms with Crippen molar-refractivity contribution in [2.24, 2.45) is 0 Å². The van der Waals surface area contributed by atoms with Crippen LogP contribution in [0.5, 0.6) is 0 Å². The van der Waals surface area contributed by atoms with E-state index >= 15 is 0 Å². The fourth-order valence-corrected chi connectivity index (χ4v) is 4.00. The van der Waals surface area contributed by atoms with Gasteiger partial charge in [0.1, 0.15) is 0 Å². The molecule has 0 saturated carbocycles. The highest BCUT2D eigenvalue weighted by Crippen LogP contribution is 2.27. The average molecular weight is 341 g/mol. The molecule has 1 aromatic carbocycles. The van der Waals surface area contributed by atoms with E-state index in [0.29, 0.717) is 5.02 Å². The van der Waals surface area contributed by atoms with Gasteiger partial charge in [-0.05, 0) is 34.1 Å². The van der Waals surface area contributed by atoms with E-state index in [4.69, 9.17) is 11.6 Å². The third kappa shape index (κ3) is 3.13. The lowest BCUT2D eigenvalue weighted by Gasteiger charge is -2.16. The maximum atomic E-state index is 11.3. The summed E-state index contributed by atoms with van der Waals surface area (Å²) in [6, 6.07) is 4.72. The summed E-state index contributed by atoms with van der Waals surface area (Å²) in [4.78, 5) is 0. The summed E-state index contributed by atoms with van der Waals surface area (Å²) in [7, 11) is -3.13. The van der Waals surface area contributed by atoms with Crippen LogP contribution in [0.15, 0.2) is 22.7 Å². The van der Waals surface area contributed by atoms with Gasteiger partial charge in [-0.3, -0.25) is 0 Å². The number of anilines is 1. The van der Waals surface area contributed by atoms with Gasteiger partial charge >= 0.3 is 0 Å². The highest BCUT2D eigenvalue weighted by Gasteiger charge is 2.36. The summed E-state index contributed by atoms with van der Waals surface area (Å²) in [6.45, 7) is 0. The number of aliphatic hydroxyl groups excluding tert-OH is 1. The van der Waals surface area contributed by atoms with Gasteiger partial charge < -0.3 is 10.4 Å². The van der Waals surface area contributed by atoms with Crippen LogP contribution in [0.2, 0.25) is 5.02 Å². The topological polar surface area (TPSA) is 66.4 Å². The molecule has 1 aliphatic heterocycles. The number of hydrogen-bond donors (Lipinski definition) is 2. The molecule has 0 spiro atoms. The molecule has 2 rings (SSSR count). The van der Waals surface area contributed by atoms with Crippen LogP contribution in [0, 0.1) is 0 Å². The molecule has 1 fully saturated rings. The Kier molecular flexibility index (Phi) is 3.68. The number of rotatable bonds is 2. The van der Waals surface area contributed by atoms with Crippen LogP contribution in [0.3, 0.4) is 0 Å². The van der Waals surface area contributed by atoms with Gasteiger partial charge in [-0.2, -0.15) is 0 Å². The highest BCUT2D eigenvalue weighted by atomic mass is 79.9. The normalized spacial score (nSPS) is 27.0. The van der Waals surface area contributed by atoms with E-state index in [1.807, 2.05) is 0 Å². The molecule has 17 heavy (non-hydrogen) atoms. The Balaban J connectivity index is 2.14. The third-order valence-corrected chi connectivity index (χ3v) is 5.52. The van der Waals surface area contributed by atoms with Crippen LogP contribution in [-0.4, -0.2) is 37.2 Å². The van der Waals surface area contributed by atoms with Crippen LogP contribution in [0.1, 0.15) is 0 Å². The van der Waals surface area contributed by atoms with E-state index in [-0.39, 0.29) is 11.5 Å². The molecule has 94 valence electrons. The molecule has 4 nitrogen and oxygen atoms in total. The molecule has 0 radical (unpaired) electrons. The lowest BCUT2D eigenvalue weighted by atomic mass is 10.2. The SMILES string of the molecule is O=S1(=O)CC(O)C(Nc2ccc(Cl)c(Br)c2)C1. The largest absolute Gasteiger partial charge is 0.390 e. The predicted octanol–water partition coefficient (Wildman–Crippen LogP) is 1.67. The van der Waals surface area contributed by atoms with Gasteiger partial charge in [0, 0.05) is 10.2 Å². The molecular formula is C10H11BrClNO3S. The molecule has 2 N–H and O–H groups in total. The zero-order valence-corrected chi connectivity index (χ0v) is 11.9. The van der Waals surface area contributed by atoms with E-state index in [1.54, 1.807) is 18.2 Å². The average Bonchev–Trinajstić information content (AvgIpc) is 2.46. The fraction of sp³-hybridized carbons (Fsp3) is 0.400. The first kappa shape index (κ1) is 13.1. The zero-order valence-electron chi connectivity index (χ0n) is 8.73. The van der Waals surface area contributed by atoms with Crippen LogP contribution < -0.4 is 5.32 Å². The van der Waals surface area contributed by atoms with E-state index < -0.39 is 22.0 Å². The lowest BCUT2D eigenvalue weighted by molar-refractivity contribution is 0.190. The van der Waals surface area contributed by atoms with Crippen LogP contribution in [-0.2, 0) is 9.84 Å². The van der Waals surface area contributed by atoms with Gasteiger partial charge in [0.15, 0.2) is 9.84 Å². The smallest absolute Gasteiger partial charge is 0.155 e. The first-order valence-electron chi connectivity index (χ1n) is 4.97. The monoisotopic (exact) mass is 339 g/mol. The van der Waals surface area contributed by atoms with Crippen molar-refractivity contribution < 1.29 is 13.5 Å². The molecule has 0 aromatic heterocycles. The Morgan fingerprint density at radius 2 is 2.12 bits per heavy atom. The molecule has 1 saturated heterocycles. The van der Waals surface area contributed by atoms with Gasteiger partial charge in [0.2, 0.25) is 0 Å². The molecule has 0 amide bonds. The third-order valence-electron chi connectivity index (χ3n) is 2.59. The summed E-state index contributed by atoms with van der Waals surface area (Å²) in [5, 5.41) is 13.2. The summed E-state index contributed by atoms with van der Waals surface area (Å²) >= 11 is 9.13. The van der Waals surface area contributed by atoms with E-state index in [9.17, 15) is 13.5 Å². The number of nitrogens with one attached hydrogen (secondary N) is 1. The van der Waals surface area contributed by atoms with Crippen LogP contribution >= 0.6 is 27.5 Å². The number of hydrogen-bond acceptors (Lipinski definition) is 4. The van der Waals surface area contributed by atoms with Crippen LogP contribution in [0.4, 0.5) is 5.69 Å². The minimum absolute atomic E-state index is 0.0472. The van der Waals surface area contributed by atoms with Crippen molar-refractivity contribution in [1.82, 2.24) is 0 Å². The van der Waals surface area contributed by atoms with Crippen molar-refractivity contribution in [3.63, 3.8) is 0 Å². The summed E-state index contributed by atoms with van der Waals surface area (Å²) < 4.78 is 23.4. The molecule has 7 heteroatoms. The fourth-order valence-electron chi connectivity index (χ4n) is 1.77. The summed E-state index contributed by atoms with van der Waals surface area (Å²) in [5.41, 5.74) is 0.724. The molecule has 1 aromatic rings. The van der Waals surface area contributed by atoms with Crippen molar-refractivity contribution in [2.75, 3.05) is 16.8 Å². The Hall–Kier alpha value is -0.300. The van der Waals surface area contributed by atoms with Gasteiger partial charge in [-0.1, -0.05) is 11.6 Å². The standard InChI is InChI=1S/C10H11BrClNO3S/c11-7-3-6(1-2-8(7)12)13-9-4-17(15,16)5-10(9)14/h1-3,9-10,13-14H,4-5H2. The molecular weight excluding hydrogens is 330 g/mol. The molecule has 0 bridgehead atoms. The first-order valence-corrected chi connectivity index (χ1v) is 7.97. The second-order valence-electron chi connectivity index (χ2n) is 4.02. The molecule has 1 aliphatic rings. The van der Waals surface area contributed by atoms with E-state index in [2.05, 4.69) is 21.2 Å². The number of sulfone groups is 1. The van der Waals surface area contributed by atoms with E-state index in [0.717, 1.165) is 10.2 Å². The Labute approximate surface area is 113 Å².